The Bertz CT molecular complexity index is 1080. The molecule has 1 atom stereocenters. The number of hydrogen-bond acceptors (Lipinski definition) is 5. The number of thiophene rings is 1. The fourth-order valence-corrected chi connectivity index (χ4v) is 5.87. The van der Waals surface area contributed by atoms with Crippen molar-refractivity contribution in [1.29, 1.82) is 0 Å². The van der Waals surface area contributed by atoms with Crippen LogP contribution in [-0.4, -0.2) is 21.5 Å². The maximum atomic E-state index is 12.6. The first-order valence-electron chi connectivity index (χ1n) is 9.73. The summed E-state index contributed by atoms with van der Waals surface area (Å²) in [6.07, 6.45) is 3.11. The van der Waals surface area contributed by atoms with Crippen LogP contribution in [0.2, 0.25) is 0 Å². The van der Waals surface area contributed by atoms with Gasteiger partial charge in [0.15, 0.2) is 10.9 Å². The van der Waals surface area contributed by atoms with E-state index in [0.717, 1.165) is 29.5 Å². The maximum Gasteiger partial charge on any atom is 0.260 e. The van der Waals surface area contributed by atoms with Crippen LogP contribution in [0.25, 0.3) is 10.2 Å². The van der Waals surface area contributed by atoms with Gasteiger partial charge in [0, 0.05) is 10.4 Å². The summed E-state index contributed by atoms with van der Waals surface area (Å²) in [6, 6.07) is 7.77. The Morgan fingerprint density at radius 3 is 2.79 bits per heavy atom. The van der Waals surface area contributed by atoms with Gasteiger partial charge in [-0.05, 0) is 42.2 Å². The summed E-state index contributed by atoms with van der Waals surface area (Å²) in [6.45, 7) is 6.52. The average Bonchev–Trinajstić information content (AvgIpc) is 3.03. The lowest BCUT2D eigenvalue weighted by Crippen LogP contribution is -2.13. The van der Waals surface area contributed by atoms with Crippen LogP contribution in [0.3, 0.4) is 0 Å². The Hall–Kier alpha value is -1.92. The number of rotatable bonds is 5. The molecule has 0 bridgehead atoms. The smallest absolute Gasteiger partial charge is 0.260 e. The van der Waals surface area contributed by atoms with Gasteiger partial charge in [0.25, 0.3) is 5.56 Å². The third-order valence-corrected chi connectivity index (χ3v) is 7.40. The summed E-state index contributed by atoms with van der Waals surface area (Å²) < 4.78 is 0. The SMILES string of the molecule is CC1CCc2c(sc3nc(SCC(=O)c4ccc(C(C)C)cc4)[nH]c(=O)c23)C1. The minimum Gasteiger partial charge on any atom is -0.301 e. The molecule has 3 aromatic rings. The zero-order valence-corrected chi connectivity index (χ0v) is 18.0. The summed E-state index contributed by atoms with van der Waals surface area (Å²) in [7, 11) is 0. The summed E-state index contributed by atoms with van der Waals surface area (Å²) in [5.74, 6) is 1.41. The number of fused-ring (bicyclic) bond motifs is 3. The number of carbonyl (C=O) groups excluding carboxylic acids is 1. The van der Waals surface area contributed by atoms with Gasteiger partial charge in [-0.1, -0.05) is 56.8 Å². The largest absolute Gasteiger partial charge is 0.301 e. The van der Waals surface area contributed by atoms with E-state index in [1.807, 2.05) is 24.3 Å². The van der Waals surface area contributed by atoms with Gasteiger partial charge in [0.05, 0.1) is 11.1 Å². The van der Waals surface area contributed by atoms with Crippen molar-refractivity contribution in [3.63, 3.8) is 0 Å². The second-order valence-corrected chi connectivity index (χ2v) is 9.94. The van der Waals surface area contributed by atoms with E-state index in [1.165, 1.54) is 27.8 Å². The van der Waals surface area contributed by atoms with E-state index in [1.54, 1.807) is 11.3 Å². The topological polar surface area (TPSA) is 62.8 Å². The second-order valence-electron chi connectivity index (χ2n) is 7.89. The number of aryl methyl sites for hydroxylation is 1. The second kappa shape index (κ2) is 7.84. The highest BCUT2D eigenvalue weighted by atomic mass is 32.2. The van der Waals surface area contributed by atoms with Crippen molar-refractivity contribution in [3.05, 3.63) is 56.2 Å². The molecule has 4 rings (SSSR count). The van der Waals surface area contributed by atoms with Gasteiger partial charge in [-0.2, -0.15) is 0 Å². The first-order chi connectivity index (χ1) is 13.4. The molecule has 1 aliphatic carbocycles. The zero-order valence-electron chi connectivity index (χ0n) is 16.4. The molecule has 1 N–H and O–H groups in total. The standard InChI is InChI=1S/C22H24N2O2S2/c1-12(2)14-5-7-15(8-6-14)17(25)11-27-22-23-20(26)19-16-9-4-13(3)10-18(16)28-21(19)24-22/h5-8,12-13H,4,9-11H2,1-3H3,(H,23,24,26). The van der Waals surface area contributed by atoms with Crippen molar-refractivity contribution in [1.82, 2.24) is 9.97 Å². The third kappa shape index (κ3) is 3.80. The van der Waals surface area contributed by atoms with Crippen LogP contribution >= 0.6 is 23.1 Å². The zero-order chi connectivity index (χ0) is 19.8. The number of thioether (sulfide) groups is 1. The highest BCUT2D eigenvalue weighted by Gasteiger charge is 2.23. The lowest BCUT2D eigenvalue weighted by molar-refractivity contribution is 0.102. The number of aromatic amines is 1. The molecule has 0 saturated heterocycles. The molecule has 0 radical (unpaired) electrons. The van der Waals surface area contributed by atoms with Crippen molar-refractivity contribution >= 4 is 39.1 Å². The lowest BCUT2D eigenvalue weighted by atomic mass is 9.89. The number of nitrogens with one attached hydrogen (secondary N) is 1. The molecule has 4 nitrogen and oxygen atoms in total. The van der Waals surface area contributed by atoms with E-state index in [2.05, 4.69) is 30.7 Å². The Morgan fingerprint density at radius 1 is 1.32 bits per heavy atom. The predicted octanol–water partition coefficient (Wildman–Crippen LogP) is 5.21. The third-order valence-electron chi connectivity index (χ3n) is 5.38. The molecular weight excluding hydrogens is 388 g/mol. The van der Waals surface area contributed by atoms with Crippen molar-refractivity contribution in [2.45, 2.75) is 51.1 Å². The highest BCUT2D eigenvalue weighted by molar-refractivity contribution is 7.99. The van der Waals surface area contributed by atoms with Gasteiger partial charge in [-0.15, -0.1) is 11.3 Å². The van der Waals surface area contributed by atoms with Gasteiger partial charge >= 0.3 is 0 Å². The molecule has 146 valence electrons. The van der Waals surface area contributed by atoms with E-state index in [9.17, 15) is 9.59 Å². The maximum absolute atomic E-state index is 12.6. The Balaban J connectivity index is 1.52. The summed E-state index contributed by atoms with van der Waals surface area (Å²) >= 11 is 2.94. The number of ketones is 1. The van der Waals surface area contributed by atoms with Crippen LogP contribution in [0, 0.1) is 5.92 Å². The van der Waals surface area contributed by atoms with E-state index < -0.39 is 0 Å². The van der Waals surface area contributed by atoms with Crippen LogP contribution in [0.15, 0.2) is 34.2 Å². The predicted molar refractivity (Wildman–Crippen MR) is 117 cm³/mol. The average molecular weight is 413 g/mol. The van der Waals surface area contributed by atoms with E-state index in [0.29, 0.717) is 22.6 Å². The normalized spacial score (nSPS) is 16.5. The van der Waals surface area contributed by atoms with Crippen molar-refractivity contribution in [2.24, 2.45) is 5.92 Å². The fraction of sp³-hybridized carbons (Fsp3) is 0.409. The molecule has 1 unspecified atom stereocenters. The van der Waals surface area contributed by atoms with Crippen molar-refractivity contribution in [3.8, 4) is 0 Å². The van der Waals surface area contributed by atoms with Gasteiger partial charge in [-0.25, -0.2) is 4.98 Å². The number of carbonyl (C=O) groups is 1. The van der Waals surface area contributed by atoms with Crippen molar-refractivity contribution in [2.75, 3.05) is 5.75 Å². The molecule has 0 aliphatic heterocycles. The minimum atomic E-state index is -0.0757. The van der Waals surface area contributed by atoms with Crippen LogP contribution in [-0.2, 0) is 12.8 Å². The van der Waals surface area contributed by atoms with E-state index in [-0.39, 0.29) is 17.1 Å². The molecule has 28 heavy (non-hydrogen) atoms. The van der Waals surface area contributed by atoms with E-state index >= 15 is 0 Å². The summed E-state index contributed by atoms with van der Waals surface area (Å²) in [4.78, 5) is 34.8. The number of benzene rings is 1. The fourth-order valence-electron chi connectivity index (χ4n) is 3.67. The summed E-state index contributed by atoms with van der Waals surface area (Å²) in [5.41, 5.74) is 3.02. The first-order valence-corrected chi connectivity index (χ1v) is 11.5. The number of nitrogens with zero attached hydrogens (tertiary/aromatic N) is 1. The van der Waals surface area contributed by atoms with Gasteiger partial charge < -0.3 is 4.98 Å². The molecule has 0 spiro atoms. The monoisotopic (exact) mass is 412 g/mol. The quantitative estimate of drug-likeness (QED) is 0.355. The number of aromatic nitrogens is 2. The molecular formula is C22H24N2O2S2. The molecule has 0 saturated carbocycles. The molecule has 0 fully saturated rings. The number of hydrogen-bond donors (Lipinski definition) is 1. The van der Waals surface area contributed by atoms with Crippen LogP contribution in [0.4, 0.5) is 0 Å². The Kier molecular flexibility index (Phi) is 5.43. The van der Waals surface area contributed by atoms with Gasteiger partial charge in [-0.3, -0.25) is 9.59 Å². The molecule has 2 heterocycles. The molecule has 0 amide bonds. The highest BCUT2D eigenvalue weighted by Crippen LogP contribution is 2.36. The van der Waals surface area contributed by atoms with Crippen LogP contribution in [0.1, 0.15) is 59.5 Å². The number of Topliss-reactive ketones (excluding diaryl/α,β-unsaturated/α-hetero) is 1. The Labute approximate surface area is 172 Å². The first kappa shape index (κ1) is 19.4. The van der Waals surface area contributed by atoms with Crippen LogP contribution in [0.5, 0.6) is 0 Å². The molecule has 1 aliphatic rings. The van der Waals surface area contributed by atoms with Crippen molar-refractivity contribution < 1.29 is 4.79 Å². The summed E-state index contributed by atoms with van der Waals surface area (Å²) in [5, 5.41) is 1.28. The minimum absolute atomic E-state index is 0.0438. The van der Waals surface area contributed by atoms with E-state index in [4.69, 9.17) is 0 Å². The number of H-pyrrole nitrogens is 1. The molecule has 1 aromatic carbocycles. The van der Waals surface area contributed by atoms with Crippen LogP contribution < -0.4 is 5.56 Å². The lowest BCUT2D eigenvalue weighted by Gasteiger charge is -2.17. The van der Waals surface area contributed by atoms with Gasteiger partial charge in [0.1, 0.15) is 4.83 Å². The molecule has 2 aromatic heterocycles. The molecule has 6 heteroatoms. The van der Waals surface area contributed by atoms with Gasteiger partial charge in [0.2, 0.25) is 0 Å². The Morgan fingerprint density at radius 2 is 2.07 bits per heavy atom.